The van der Waals surface area contributed by atoms with Gasteiger partial charge in [0.1, 0.15) is 0 Å². The average Bonchev–Trinajstić information content (AvgIpc) is 1.84. The van der Waals surface area contributed by atoms with Gasteiger partial charge in [-0.2, -0.15) is 0 Å². The first-order valence-electron chi connectivity index (χ1n) is 3.09. The van der Waals surface area contributed by atoms with E-state index in [1.165, 1.54) is 0 Å². The van der Waals surface area contributed by atoms with E-state index in [1.54, 1.807) is 7.11 Å². The number of nitrogens with two attached hydrogens (primary N) is 1. The Morgan fingerprint density at radius 1 is 1.44 bits per heavy atom. The van der Waals surface area contributed by atoms with E-state index in [-0.39, 0.29) is 0 Å². The van der Waals surface area contributed by atoms with Gasteiger partial charge in [-0.15, -0.1) is 10.3 Å². The normalized spacial score (nSPS) is 13.8. The summed E-state index contributed by atoms with van der Waals surface area (Å²) in [6, 6.07) is 0. The fourth-order valence-corrected chi connectivity index (χ4v) is 1.54. The van der Waals surface area contributed by atoms with Gasteiger partial charge in [-0.3, -0.25) is 0 Å². The smallest absolute Gasteiger partial charge is 0.0481 e. The Hall–Kier alpha value is 0.270. The van der Waals surface area contributed by atoms with Crippen molar-refractivity contribution in [1.29, 1.82) is 0 Å². The Morgan fingerprint density at radius 3 is 2.33 bits per heavy atom. The molecule has 0 unspecified atom stereocenters. The molecule has 0 heterocycles. The summed E-state index contributed by atoms with van der Waals surface area (Å²) in [6.07, 6.45) is 5.39. The molecule has 0 aromatic carbocycles. The van der Waals surface area contributed by atoms with Crippen LogP contribution < -0.4 is 5.73 Å². The third-order valence-corrected chi connectivity index (χ3v) is 3.47. The van der Waals surface area contributed by atoms with Crippen LogP contribution in [0, 0.1) is 0 Å². The predicted octanol–water partition coefficient (Wildman–Crippen LogP) is 0.961. The van der Waals surface area contributed by atoms with Crippen LogP contribution in [0.3, 0.4) is 0 Å². The van der Waals surface area contributed by atoms with Crippen LogP contribution in [0.2, 0.25) is 0 Å². The van der Waals surface area contributed by atoms with Crippen molar-refractivity contribution in [3.8, 4) is 0 Å². The number of hydrogen-bond donors (Lipinski definition) is 1. The summed E-state index contributed by atoms with van der Waals surface area (Å²) in [5.41, 5.74) is 5.35. The second-order valence-corrected chi connectivity index (χ2v) is 6.06. The lowest BCUT2D eigenvalue weighted by atomic mass is 10.5. The summed E-state index contributed by atoms with van der Waals surface area (Å²) in [5, 5.41) is 0. The van der Waals surface area contributed by atoms with Crippen LogP contribution in [-0.2, 0) is 4.18 Å². The van der Waals surface area contributed by atoms with Gasteiger partial charge in [-0.25, -0.2) is 0 Å². The summed E-state index contributed by atoms with van der Waals surface area (Å²) in [4.78, 5) is 0. The van der Waals surface area contributed by atoms with E-state index in [2.05, 4.69) is 12.5 Å². The Morgan fingerprint density at radius 2 is 2.00 bits per heavy atom. The first-order chi connectivity index (χ1) is 4.12. The predicted molar refractivity (Wildman–Crippen MR) is 45.0 cm³/mol. The third kappa shape index (κ3) is 4.75. The molecule has 0 bridgehead atoms. The molecule has 0 aliphatic rings. The highest BCUT2D eigenvalue weighted by molar-refractivity contribution is 8.28. The second kappa shape index (κ2) is 4.14. The Bertz CT molecular complexity index is 75.5. The molecule has 2 N–H and O–H groups in total. The molecule has 0 spiro atoms. The molecule has 0 radical (unpaired) electrons. The van der Waals surface area contributed by atoms with Gasteiger partial charge < -0.3 is 9.92 Å². The molecule has 0 saturated heterocycles. The van der Waals surface area contributed by atoms with Gasteiger partial charge in [0.2, 0.25) is 0 Å². The number of hydrogen-bond acceptors (Lipinski definition) is 2. The van der Waals surface area contributed by atoms with E-state index >= 15 is 0 Å². The standard InChI is InChI=1S/C6H17NOS/c1-8-9(2,3)6-4-5-7/h4-7H2,1-3H3. The molecule has 0 rings (SSSR count). The summed E-state index contributed by atoms with van der Waals surface area (Å²) in [6.45, 7) is 0.778. The topological polar surface area (TPSA) is 35.2 Å². The van der Waals surface area contributed by atoms with Gasteiger partial charge in [0.25, 0.3) is 0 Å². The number of rotatable bonds is 4. The van der Waals surface area contributed by atoms with Crippen molar-refractivity contribution in [2.75, 3.05) is 31.9 Å². The van der Waals surface area contributed by atoms with Gasteiger partial charge >= 0.3 is 0 Å². The Labute approximate surface area is 59.3 Å². The minimum Gasteiger partial charge on any atom is -0.340 e. The minimum atomic E-state index is -0.762. The second-order valence-electron chi connectivity index (χ2n) is 2.45. The molecule has 0 atom stereocenters. The average molecular weight is 151 g/mol. The SMILES string of the molecule is COS(C)(C)CCCN. The maximum absolute atomic E-state index is 5.35. The third-order valence-electron chi connectivity index (χ3n) is 1.29. The molecular formula is C6H17NOS. The largest absolute Gasteiger partial charge is 0.340 e. The zero-order valence-corrected chi connectivity index (χ0v) is 7.33. The Kier molecular flexibility index (Phi) is 4.27. The van der Waals surface area contributed by atoms with Gasteiger partial charge in [0.05, 0.1) is 0 Å². The monoisotopic (exact) mass is 151 g/mol. The summed E-state index contributed by atoms with van der Waals surface area (Å²) >= 11 is 0. The summed E-state index contributed by atoms with van der Waals surface area (Å²) < 4.78 is 5.27. The van der Waals surface area contributed by atoms with Crippen molar-refractivity contribution in [1.82, 2.24) is 0 Å². The molecule has 2 nitrogen and oxygen atoms in total. The minimum absolute atomic E-state index is 0.762. The summed E-state index contributed by atoms with van der Waals surface area (Å²) in [5.74, 6) is 1.12. The van der Waals surface area contributed by atoms with Crippen molar-refractivity contribution < 1.29 is 4.18 Å². The van der Waals surface area contributed by atoms with Gasteiger partial charge in [0, 0.05) is 7.11 Å². The van der Waals surface area contributed by atoms with E-state index in [4.69, 9.17) is 9.92 Å². The summed E-state index contributed by atoms with van der Waals surface area (Å²) in [7, 11) is 1.01. The molecule has 0 aromatic rings. The molecular weight excluding hydrogens is 134 g/mol. The van der Waals surface area contributed by atoms with Crippen molar-refractivity contribution in [2.24, 2.45) is 5.73 Å². The van der Waals surface area contributed by atoms with Crippen LogP contribution in [0.15, 0.2) is 0 Å². The molecule has 0 amide bonds. The van der Waals surface area contributed by atoms with E-state index < -0.39 is 10.3 Å². The molecule has 58 valence electrons. The van der Waals surface area contributed by atoms with Crippen molar-refractivity contribution in [3.05, 3.63) is 0 Å². The van der Waals surface area contributed by atoms with E-state index in [1.807, 2.05) is 0 Å². The molecule has 0 aliphatic heterocycles. The zero-order chi connectivity index (χ0) is 7.33. The van der Waals surface area contributed by atoms with Crippen LogP contribution in [0.25, 0.3) is 0 Å². The van der Waals surface area contributed by atoms with E-state index in [9.17, 15) is 0 Å². The molecule has 0 aromatic heterocycles. The Balaban J connectivity index is 3.33. The van der Waals surface area contributed by atoms with Crippen molar-refractivity contribution in [3.63, 3.8) is 0 Å². The van der Waals surface area contributed by atoms with Gasteiger partial charge in [-0.1, -0.05) is 0 Å². The van der Waals surface area contributed by atoms with E-state index in [0.717, 1.165) is 18.7 Å². The lowest BCUT2D eigenvalue weighted by molar-refractivity contribution is 0.470. The maximum Gasteiger partial charge on any atom is 0.0481 e. The molecule has 3 heteroatoms. The van der Waals surface area contributed by atoms with Crippen LogP contribution >= 0.6 is 10.3 Å². The highest BCUT2D eigenvalue weighted by Crippen LogP contribution is 2.39. The molecule has 0 saturated carbocycles. The molecule has 9 heavy (non-hydrogen) atoms. The molecule has 0 aliphatic carbocycles. The first-order valence-corrected chi connectivity index (χ1v) is 5.63. The van der Waals surface area contributed by atoms with Crippen LogP contribution in [0.4, 0.5) is 0 Å². The first kappa shape index (κ1) is 9.27. The maximum atomic E-state index is 5.35. The fraction of sp³-hybridized carbons (Fsp3) is 1.00. The highest BCUT2D eigenvalue weighted by atomic mass is 32.3. The van der Waals surface area contributed by atoms with Crippen LogP contribution in [0.1, 0.15) is 6.42 Å². The van der Waals surface area contributed by atoms with Crippen LogP contribution in [-0.4, -0.2) is 31.9 Å². The van der Waals surface area contributed by atoms with Gasteiger partial charge in [-0.05, 0) is 31.2 Å². The van der Waals surface area contributed by atoms with E-state index in [0.29, 0.717) is 0 Å². The lowest BCUT2D eigenvalue weighted by Gasteiger charge is -2.28. The van der Waals surface area contributed by atoms with Crippen LogP contribution in [0.5, 0.6) is 0 Å². The van der Waals surface area contributed by atoms with Crippen molar-refractivity contribution in [2.45, 2.75) is 6.42 Å². The van der Waals surface area contributed by atoms with Crippen molar-refractivity contribution >= 4 is 10.3 Å². The quantitative estimate of drug-likeness (QED) is 0.649. The zero-order valence-electron chi connectivity index (χ0n) is 6.52. The lowest BCUT2D eigenvalue weighted by Crippen LogP contribution is -2.08. The molecule has 0 fully saturated rings. The fourth-order valence-electron chi connectivity index (χ4n) is 0.514. The van der Waals surface area contributed by atoms with Gasteiger partial charge in [0.15, 0.2) is 0 Å². The highest BCUT2D eigenvalue weighted by Gasteiger charge is 2.07.